The van der Waals surface area contributed by atoms with Crippen molar-refractivity contribution >= 4 is 17.7 Å². The van der Waals surface area contributed by atoms with Crippen molar-refractivity contribution < 1.29 is 4.79 Å². The zero-order valence-electron chi connectivity index (χ0n) is 18.4. The quantitative estimate of drug-likeness (QED) is 0.429. The van der Waals surface area contributed by atoms with E-state index in [9.17, 15) is 4.79 Å². The smallest absolute Gasteiger partial charge is 0.150 e. The third-order valence-electron chi connectivity index (χ3n) is 7.57. The van der Waals surface area contributed by atoms with Crippen LogP contribution in [0.2, 0.25) is 0 Å². The Bertz CT molecular complexity index is 1040. The summed E-state index contributed by atoms with van der Waals surface area (Å²) >= 11 is 0. The van der Waals surface area contributed by atoms with Crippen LogP contribution in [-0.4, -0.2) is 12.8 Å². The number of fused-ring (bicyclic) bond motifs is 1. The maximum absolute atomic E-state index is 11.2. The molecular formula is C29H31NO. The number of aryl methyl sites for hydroxylation is 1. The number of hydrogen-bond acceptors (Lipinski definition) is 2. The number of para-hydroxylation sites is 1. The highest BCUT2D eigenvalue weighted by molar-refractivity contribution is 5.75. The van der Waals surface area contributed by atoms with Crippen molar-refractivity contribution in [2.75, 3.05) is 11.4 Å². The number of carbonyl (C=O) groups excluding carboxylic acids is 1. The molecule has 3 aromatic carbocycles. The number of nitrogens with zero attached hydrogens (tertiary/aromatic N) is 1. The second-order valence-electron chi connectivity index (χ2n) is 9.44. The molecule has 0 amide bonds. The lowest BCUT2D eigenvalue weighted by Crippen LogP contribution is -2.32. The van der Waals surface area contributed by atoms with E-state index in [1.807, 2.05) is 12.1 Å². The predicted molar refractivity (Wildman–Crippen MR) is 128 cm³/mol. The molecule has 2 aliphatic rings. The summed E-state index contributed by atoms with van der Waals surface area (Å²) in [6.45, 7) is 3.45. The monoisotopic (exact) mass is 409 g/mol. The van der Waals surface area contributed by atoms with Gasteiger partial charge in [-0.3, -0.25) is 4.79 Å². The van der Waals surface area contributed by atoms with E-state index in [0.717, 1.165) is 24.3 Å². The second-order valence-corrected chi connectivity index (χ2v) is 9.44. The van der Waals surface area contributed by atoms with E-state index in [4.69, 9.17) is 0 Å². The van der Waals surface area contributed by atoms with Gasteiger partial charge in [0.25, 0.3) is 0 Å². The third kappa shape index (κ3) is 3.69. The summed E-state index contributed by atoms with van der Waals surface area (Å²) in [6.07, 6.45) is 8.13. The molecular weight excluding hydrogens is 378 g/mol. The van der Waals surface area contributed by atoms with Gasteiger partial charge in [-0.15, -0.1) is 0 Å². The molecule has 0 radical (unpaired) electrons. The van der Waals surface area contributed by atoms with Crippen molar-refractivity contribution in [1.29, 1.82) is 0 Å². The molecule has 1 heterocycles. The van der Waals surface area contributed by atoms with E-state index in [0.29, 0.717) is 0 Å². The van der Waals surface area contributed by atoms with Gasteiger partial charge in [0.15, 0.2) is 0 Å². The lowest BCUT2D eigenvalue weighted by Gasteiger charge is -2.41. The molecule has 1 aliphatic carbocycles. The Morgan fingerprint density at radius 3 is 2.19 bits per heavy atom. The zero-order chi connectivity index (χ0) is 21.3. The molecule has 1 saturated carbocycles. The lowest BCUT2D eigenvalue weighted by molar-refractivity contribution is 0.112. The fourth-order valence-corrected chi connectivity index (χ4v) is 5.64. The Morgan fingerprint density at radius 2 is 1.52 bits per heavy atom. The summed E-state index contributed by atoms with van der Waals surface area (Å²) in [6, 6.07) is 26.4. The van der Waals surface area contributed by atoms with Crippen LogP contribution in [0.5, 0.6) is 0 Å². The van der Waals surface area contributed by atoms with Crippen LogP contribution in [0.25, 0.3) is 0 Å². The first-order chi connectivity index (χ1) is 15.2. The number of anilines is 2. The Kier molecular flexibility index (Phi) is 5.40. The number of rotatable bonds is 4. The summed E-state index contributed by atoms with van der Waals surface area (Å²) in [4.78, 5) is 13.6. The topological polar surface area (TPSA) is 20.3 Å². The standard InChI is InChI=1S/C29H31NO/c1-22-16-18-29(19-17-22,25-10-8-23(21-31)9-11-25)26-12-14-27(15-13-26)30-20-4-6-24-5-2-3-7-28(24)30/h2-3,5,7-15,21-22H,4,6,16-20H2,1H3. The molecule has 158 valence electrons. The normalized spacial score (nSPS) is 23.3. The van der Waals surface area contributed by atoms with Gasteiger partial charge in [-0.05, 0) is 79.3 Å². The van der Waals surface area contributed by atoms with E-state index in [1.54, 1.807) is 0 Å². The van der Waals surface area contributed by atoms with Crippen LogP contribution in [0.15, 0.2) is 72.8 Å². The van der Waals surface area contributed by atoms with Crippen LogP contribution in [0.4, 0.5) is 11.4 Å². The highest BCUT2D eigenvalue weighted by Crippen LogP contribution is 2.47. The molecule has 31 heavy (non-hydrogen) atoms. The van der Waals surface area contributed by atoms with Crippen molar-refractivity contribution in [3.05, 3.63) is 95.1 Å². The summed E-state index contributed by atoms with van der Waals surface area (Å²) < 4.78 is 0. The van der Waals surface area contributed by atoms with Gasteiger partial charge in [-0.25, -0.2) is 0 Å². The van der Waals surface area contributed by atoms with Gasteiger partial charge < -0.3 is 4.90 Å². The van der Waals surface area contributed by atoms with Crippen LogP contribution in [-0.2, 0) is 11.8 Å². The first-order valence-electron chi connectivity index (χ1n) is 11.7. The molecule has 1 aliphatic heterocycles. The molecule has 0 N–H and O–H groups in total. The van der Waals surface area contributed by atoms with Crippen molar-refractivity contribution in [3.8, 4) is 0 Å². The predicted octanol–water partition coefficient (Wildman–Crippen LogP) is 7.08. The highest BCUT2D eigenvalue weighted by Gasteiger charge is 2.37. The van der Waals surface area contributed by atoms with Crippen LogP contribution in [0, 0.1) is 5.92 Å². The molecule has 3 aromatic rings. The SMILES string of the molecule is CC1CCC(c2ccc(C=O)cc2)(c2ccc(N3CCCc4ccccc43)cc2)CC1. The highest BCUT2D eigenvalue weighted by atomic mass is 16.1. The van der Waals surface area contributed by atoms with E-state index in [-0.39, 0.29) is 5.41 Å². The lowest BCUT2D eigenvalue weighted by atomic mass is 9.63. The molecule has 0 unspecified atom stereocenters. The average molecular weight is 410 g/mol. The maximum Gasteiger partial charge on any atom is 0.150 e. The number of benzene rings is 3. The van der Waals surface area contributed by atoms with Crippen molar-refractivity contribution in [1.82, 2.24) is 0 Å². The molecule has 5 rings (SSSR count). The number of aldehydes is 1. The number of hydrogen-bond donors (Lipinski definition) is 0. The maximum atomic E-state index is 11.2. The molecule has 2 nitrogen and oxygen atoms in total. The molecule has 1 fully saturated rings. The third-order valence-corrected chi connectivity index (χ3v) is 7.57. The summed E-state index contributed by atoms with van der Waals surface area (Å²) in [5.41, 5.74) is 7.65. The minimum Gasteiger partial charge on any atom is -0.341 e. The summed E-state index contributed by atoms with van der Waals surface area (Å²) in [7, 11) is 0. The van der Waals surface area contributed by atoms with Gasteiger partial charge in [0.2, 0.25) is 0 Å². The Hall–Kier alpha value is -2.87. The van der Waals surface area contributed by atoms with Crippen molar-refractivity contribution in [2.24, 2.45) is 5.92 Å². The summed E-state index contributed by atoms with van der Waals surface area (Å²) in [5, 5.41) is 0. The first kappa shape index (κ1) is 20.1. The Morgan fingerprint density at radius 1 is 0.871 bits per heavy atom. The van der Waals surface area contributed by atoms with E-state index >= 15 is 0 Å². The minimum absolute atomic E-state index is 0.0479. The number of carbonyl (C=O) groups is 1. The van der Waals surface area contributed by atoms with Gasteiger partial charge in [0.1, 0.15) is 6.29 Å². The van der Waals surface area contributed by atoms with Crippen LogP contribution in [0.1, 0.15) is 66.1 Å². The van der Waals surface area contributed by atoms with Crippen LogP contribution in [0.3, 0.4) is 0 Å². The molecule has 0 spiro atoms. The van der Waals surface area contributed by atoms with Gasteiger partial charge in [0, 0.05) is 28.9 Å². The van der Waals surface area contributed by atoms with E-state index in [2.05, 4.69) is 72.5 Å². The average Bonchev–Trinajstić information content (AvgIpc) is 2.85. The van der Waals surface area contributed by atoms with Gasteiger partial charge in [-0.1, -0.05) is 61.5 Å². The summed E-state index contributed by atoms with van der Waals surface area (Å²) in [5.74, 6) is 0.784. The van der Waals surface area contributed by atoms with E-state index in [1.165, 1.54) is 66.6 Å². The van der Waals surface area contributed by atoms with Crippen molar-refractivity contribution in [2.45, 2.75) is 50.9 Å². The van der Waals surface area contributed by atoms with Gasteiger partial charge in [-0.2, -0.15) is 0 Å². The van der Waals surface area contributed by atoms with E-state index < -0.39 is 0 Å². The van der Waals surface area contributed by atoms with Crippen LogP contribution >= 0.6 is 0 Å². The molecule has 0 aromatic heterocycles. The molecule has 0 bridgehead atoms. The first-order valence-corrected chi connectivity index (χ1v) is 11.7. The van der Waals surface area contributed by atoms with Crippen molar-refractivity contribution in [3.63, 3.8) is 0 Å². The van der Waals surface area contributed by atoms with Gasteiger partial charge >= 0.3 is 0 Å². The Labute approximate surface area is 185 Å². The zero-order valence-corrected chi connectivity index (χ0v) is 18.4. The van der Waals surface area contributed by atoms with Gasteiger partial charge in [0.05, 0.1) is 0 Å². The minimum atomic E-state index is 0.0479. The van der Waals surface area contributed by atoms with Crippen LogP contribution < -0.4 is 4.90 Å². The largest absolute Gasteiger partial charge is 0.341 e. The fraction of sp³-hybridized carbons (Fsp3) is 0.345. The second kappa shape index (κ2) is 8.34. The molecule has 0 atom stereocenters. The molecule has 2 heteroatoms. The Balaban J connectivity index is 1.50. The molecule has 0 saturated heterocycles. The fourth-order valence-electron chi connectivity index (χ4n) is 5.64.